The van der Waals surface area contributed by atoms with E-state index in [1.54, 1.807) is 6.20 Å². The van der Waals surface area contributed by atoms with Gasteiger partial charge in [0.15, 0.2) is 0 Å². The summed E-state index contributed by atoms with van der Waals surface area (Å²) in [4.78, 5) is 24.5. The topological polar surface area (TPSA) is 86.3 Å². The average molecular weight is 383 g/mol. The minimum atomic E-state index is -4.57. The van der Waals surface area contributed by atoms with Crippen LogP contribution in [0, 0.1) is 5.92 Å². The molecule has 146 valence electrons. The lowest BCUT2D eigenvalue weighted by Gasteiger charge is -2.25. The van der Waals surface area contributed by atoms with E-state index in [0.717, 1.165) is 11.1 Å². The number of hydrogen-bond acceptors (Lipinski definition) is 3. The molecular weight excluding hydrogens is 363 g/mol. The van der Waals surface area contributed by atoms with Gasteiger partial charge in [0, 0.05) is 11.9 Å². The van der Waals surface area contributed by atoms with E-state index < -0.39 is 36.9 Å². The van der Waals surface area contributed by atoms with Crippen molar-refractivity contribution in [1.29, 1.82) is 0 Å². The second-order valence-electron chi connectivity index (χ2n) is 7.23. The maximum Gasteiger partial charge on any atom is 0.406 e. The van der Waals surface area contributed by atoms with E-state index >= 15 is 0 Å². The Morgan fingerprint density at radius 2 is 2.15 bits per heavy atom. The van der Waals surface area contributed by atoms with Gasteiger partial charge in [-0.05, 0) is 29.0 Å². The summed E-state index contributed by atoms with van der Waals surface area (Å²) in [5, 5.41) is 16.7. The van der Waals surface area contributed by atoms with Crippen LogP contribution in [0.4, 0.5) is 13.2 Å². The zero-order valence-corrected chi connectivity index (χ0v) is 14.9. The zero-order valence-electron chi connectivity index (χ0n) is 14.9. The molecule has 1 aliphatic rings. The number of halogens is 3. The van der Waals surface area contributed by atoms with Gasteiger partial charge in [0.2, 0.25) is 5.91 Å². The van der Waals surface area contributed by atoms with Gasteiger partial charge in [-0.25, -0.2) is 0 Å². The molecule has 1 aliphatic heterocycles. The number of nitrogens with one attached hydrogen (secondary N) is 1. The first-order chi connectivity index (χ1) is 12.6. The number of alkyl halides is 3. The number of nitrogens with zero attached hydrogens (tertiary/aromatic N) is 2. The SMILES string of the molecule is CC(C)c1cc2c(c3cn[nH]c13)CN(CC(F)(F)F)C(=O)C(CC(=O)O)C2. The first kappa shape index (κ1) is 19.2. The predicted molar refractivity (Wildman–Crippen MR) is 91.1 cm³/mol. The number of benzene rings is 1. The number of carbonyl (C=O) groups is 2. The summed E-state index contributed by atoms with van der Waals surface area (Å²) in [5.41, 5.74) is 2.97. The second kappa shape index (κ2) is 6.86. The average Bonchev–Trinajstić information content (AvgIpc) is 2.97. The van der Waals surface area contributed by atoms with Crippen molar-refractivity contribution in [1.82, 2.24) is 15.1 Å². The molecule has 3 rings (SSSR count). The fraction of sp³-hybridized carbons (Fsp3) is 0.500. The van der Waals surface area contributed by atoms with Crippen molar-refractivity contribution in [2.24, 2.45) is 5.92 Å². The predicted octanol–water partition coefficient (Wildman–Crippen LogP) is 3.22. The normalized spacial score (nSPS) is 18.1. The van der Waals surface area contributed by atoms with Crippen molar-refractivity contribution < 1.29 is 27.9 Å². The molecule has 0 aliphatic carbocycles. The van der Waals surface area contributed by atoms with E-state index in [9.17, 15) is 22.8 Å². The minimum Gasteiger partial charge on any atom is -0.481 e. The maximum absolute atomic E-state index is 13.0. The van der Waals surface area contributed by atoms with Crippen molar-refractivity contribution >= 4 is 22.8 Å². The third kappa shape index (κ3) is 3.91. The quantitative estimate of drug-likeness (QED) is 0.849. The van der Waals surface area contributed by atoms with Crippen LogP contribution in [0.15, 0.2) is 12.3 Å². The standard InChI is InChI=1S/C18H20F3N3O3/c1-9(2)12-4-10-3-11(5-15(25)26)17(27)24(8-18(19,20)21)7-14(10)13-6-22-23-16(12)13/h4,6,9,11H,3,5,7-8H2,1-2H3,(H,22,23)(H,25,26). The van der Waals surface area contributed by atoms with Crippen molar-refractivity contribution in [2.45, 2.75) is 45.3 Å². The smallest absolute Gasteiger partial charge is 0.406 e. The maximum atomic E-state index is 13.0. The van der Waals surface area contributed by atoms with Crippen LogP contribution in [0.3, 0.4) is 0 Å². The molecule has 2 N–H and O–H groups in total. The largest absolute Gasteiger partial charge is 0.481 e. The monoisotopic (exact) mass is 383 g/mol. The lowest BCUT2D eigenvalue weighted by Crippen LogP contribution is -2.41. The Bertz CT molecular complexity index is 889. The van der Waals surface area contributed by atoms with E-state index in [1.165, 1.54) is 0 Å². The van der Waals surface area contributed by atoms with Crippen LogP contribution in [0.25, 0.3) is 10.9 Å². The number of hydrogen-bond donors (Lipinski definition) is 2. The van der Waals surface area contributed by atoms with Gasteiger partial charge in [0.05, 0.1) is 24.1 Å². The Morgan fingerprint density at radius 1 is 1.44 bits per heavy atom. The highest BCUT2D eigenvalue weighted by atomic mass is 19.4. The highest BCUT2D eigenvalue weighted by Gasteiger charge is 2.39. The van der Waals surface area contributed by atoms with E-state index in [-0.39, 0.29) is 18.9 Å². The number of carbonyl (C=O) groups excluding carboxylic acids is 1. The first-order valence-electron chi connectivity index (χ1n) is 8.62. The molecule has 0 bridgehead atoms. The van der Waals surface area contributed by atoms with Gasteiger partial charge in [-0.2, -0.15) is 18.3 Å². The Kier molecular flexibility index (Phi) is 4.88. The van der Waals surface area contributed by atoms with Crippen LogP contribution >= 0.6 is 0 Å². The summed E-state index contributed by atoms with van der Waals surface area (Å²) >= 11 is 0. The number of H-pyrrole nitrogens is 1. The number of aromatic amines is 1. The summed E-state index contributed by atoms with van der Waals surface area (Å²) in [6, 6.07) is 1.86. The number of aliphatic carboxylic acids is 1. The second-order valence-corrected chi connectivity index (χ2v) is 7.23. The molecule has 0 spiro atoms. The van der Waals surface area contributed by atoms with E-state index in [0.29, 0.717) is 21.4 Å². The number of amides is 1. The van der Waals surface area contributed by atoms with Crippen LogP contribution in [0.5, 0.6) is 0 Å². The van der Waals surface area contributed by atoms with Gasteiger partial charge in [-0.15, -0.1) is 0 Å². The highest BCUT2D eigenvalue weighted by molar-refractivity contribution is 5.89. The number of aromatic nitrogens is 2. The van der Waals surface area contributed by atoms with Crippen molar-refractivity contribution in [3.05, 3.63) is 29.0 Å². The van der Waals surface area contributed by atoms with Gasteiger partial charge in [-0.1, -0.05) is 19.9 Å². The minimum absolute atomic E-state index is 0.0929. The zero-order chi connectivity index (χ0) is 19.9. The Balaban J connectivity index is 2.15. The molecule has 6 nitrogen and oxygen atoms in total. The van der Waals surface area contributed by atoms with Crippen LogP contribution in [-0.2, 0) is 22.6 Å². The van der Waals surface area contributed by atoms with E-state index in [2.05, 4.69) is 10.2 Å². The summed E-state index contributed by atoms with van der Waals surface area (Å²) in [6.07, 6.45) is -3.43. The Morgan fingerprint density at radius 3 is 2.74 bits per heavy atom. The van der Waals surface area contributed by atoms with Crippen molar-refractivity contribution in [2.75, 3.05) is 6.54 Å². The lowest BCUT2D eigenvalue weighted by molar-refractivity contribution is -0.165. The molecule has 1 aromatic heterocycles. The van der Waals surface area contributed by atoms with Gasteiger partial charge < -0.3 is 10.0 Å². The summed E-state index contributed by atoms with van der Waals surface area (Å²) in [5.74, 6) is -2.90. The molecule has 0 fully saturated rings. The third-order valence-corrected chi connectivity index (χ3v) is 4.86. The molecule has 9 heteroatoms. The van der Waals surface area contributed by atoms with Crippen LogP contribution in [0.2, 0.25) is 0 Å². The summed E-state index contributed by atoms with van der Waals surface area (Å²) < 4.78 is 39.0. The number of rotatable bonds is 4. The fourth-order valence-electron chi connectivity index (χ4n) is 3.68. The molecule has 1 atom stereocenters. The number of carboxylic acids is 1. The third-order valence-electron chi connectivity index (χ3n) is 4.86. The van der Waals surface area contributed by atoms with Crippen LogP contribution in [-0.4, -0.2) is 44.8 Å². The molecule has 0 saturated carbocycles. The lowest BCUT2D eigenvalue weighted by atomic mass is 9.89. The Labute approximate surface area is 153 Å². The van der Waals surface area contributed by atoms with Gasteiger partial charge in [0.25, 0.3) is 0 Å². The van der Waals surface area contributed by atoms with Crippen molar-refractivity contribution in [3.8, 4) is 0 Å². The fourth-order valence-corrected chi connectivity index (χ4v) is 3.68. The molecule has 2 aromatic rings. The molecule has 1 amide bonds. The summed E-state index contributed by atoms with van der Waals surface area (Å²) in [7, 11) is 0. The molecule has 2 heterocycles. The van der Waals surface area contributed by atoms with Gasteiger partial charge >= 0.3 is 12.1 Å². The van der Waals surface area contributed by atoms with Crippen molar-refractivity contribution in [3.63, 3.8) is 0 Å². The molecule has 1 unspecified atom stereocenters. The number of fused-ring (bicyclic) bond motifs is 3. The first-order valence-corrected chi connectivity index (χ1v) is 8.62. The van der Waals surface area contributed by atoms with Crippen LogP contribution in [0.1, 0.15) is 42.9 Å². The van der Waals surface area contributed by atoms with E-state index in [1.807, 2.05) is 19.9 Å². The molecule has 0 radical (unpaired) electrons. The molecule has 0 saturated heterocycles. The Hall–Kier alpha value is -2.58. The van der Waals surface area contributed by atoms with Gasteiger partial charge in [-0.3, -0.25) is 14.7 Å². The number of carboxylic acid groups (broad SMARTS) is 1. The van der Waals surface area contributed by atoms with Crippen LogP contribution < -0.4 is 0 Å². The highest BCUT2D eigenvalue weighted by Crippen LogP contribution is 2.35. The van der Waals surface area contributed by atoms with E-state index in [4.69, 9.17) is 5.11 Å². The molecular formula is C18H20F3N3O3. The molecule has 1 aromatic carbocycles. The summed E-state index contributed by atoms with van der Waals surface area (Å²) in [6.45, 7) is 2.33. The molecule has 27 heavy (non-hydrogen) atoms. The van der Waals surface area contributed by atoms with Gasteiger partial charge in [0.1, 0.15) is 6.54 Å².